The summed E-state index contributed by atoms with van der Waals surface area (Å²) in [6.07, 6.45) is 7.14. The number of carbonyl (C=O) groups excluding carboxylic acids is 1. The van der Waals surface area contributed by atoms with E-state index in [1.54, 1.807) is 0 Å². The summed E-state index contributed by atoms with van der Waals surface area (Å²) in [5.74, 6) is 2.49. The van der Waals surface area contributed by atoms with Crippen LogP contribution in [-0.2, 0) is 18.0 Å². The fourth-order valence-electron chi connectivity index (χ4n) is 2.04. The number of carbonyl (C=O) groups is 1. The van der Waals surface area contributed by atoms with Crippen molar-refractivity contribution in [2.75, 3.05) is 0 Å². The normalized spacial score (nSPS) is 14.7. The van der Waals surface area contributed by atoms with Gasteiger partial charge in [0, 0.05) is 5.56 Å². The molecule has 0 spiro atoms. The maximum Gasteiger partial charge on any atom is 0.252 e. The molecule has 1 unspecified atom stereocenters. The van der Waals surface area contributed by atoms with Gasteiger partial charge >= 0.3 is 0 Å². The molecular weight excluding hydrogens is 226 g/mol. The first-order valence-corrected chi connectivity index (χ1v) is 6.21. The molecule has 94 valence electrons. The first-order chi connectivity index (χ1) is 8.74. The summed E-state index contributed by atoms with van der Waals surface area (Å²) in [6, 6.07) is 5.47. The van der Waals surface area contributed by atoms with Gasteiger partial charge in [0.05, 0.1) is 19.3 Å². The van der Waals surface area contributed by atoms with E-state index in [2.05, 4.69) is 11.2 Å². The number of benzene rings is 1. The summed E-state index contributed by atoms with van der Waals surface area (Å²) < 4.78 is 5.33. The minimum Gasteiger partial charge on any atom is -0.372 e. The fraction of sp³-hybridized carbons (Fsp3) is 0.400. The molecule has 1 aliphatic rings. The van der Waals surface area contributed by atoms with Crippen LogP contribution in [0.2, 0.25) is 0 Å². The number of ether oxygens (including phenoxy) is 1. The number of fused-ring (bicyclic) bond motifs is 1. The standard InChI is InChI=1S/C15H17NO2/c1-3-5-14(4-2)16-15(17)11-6-7-12-9-18-10-13(12)8-11/h2,6-8,14H,3,5,9-10H2,1H3,(H,16,17). The van der Waals surface area contributed by atoms with E-state index in [4.69, 9.17) is 11.2 Å². The van der Waals surface area contributed by atoms with Gasteiger partial charge in [0.1, 0.15) is 0 Å². The Bertz CT molecular complexity index is 488. The predicted octanol–water partition coefficient (Wildman–Crippen LogP) is 2.25. The maximum absolute atomic E-state index is 12.0. The Labute approximate surface area is 108 Å². The van der Waals surface area contributed by atoms with Crippen molar-refractivity contribution in [3.05, 3.63) is 34.9 Å². The van der Waals surface area contributed by atoms with E-state index in [-0.39, 0.29) is 11.9 Å². The monoisotopic (exact) mass is 243 g/mol. The van der Waals surface area contributed by atoms with Crippen LogP contribution in [0.1, 0.15) is 41.3 Å². The average Bonchev–Trinajstić information content (AvgIpc) is 2.85. The number of amides is 1. The molecule has 3 nitrogen and oxygen atoms in total. The molecule has 0 bridgehead atoms. The van der Waals surface area contributed by atoms with E-state index in [1.165, 1.54) is 0 Å². The predicted molar refractivity (Wildman–Crippen MR) is 69.9 cm³/mol. The zero-order chi connectivity index (χ0) is 13.0. The molecule has 1 aromatic carbocycles. The Morgan fingerprint density at radius 2 is 2.28 bits per heavy atom. The summed E-state index contributed by atoms with van der Waals surface area (Å²) in [5.41, 5.74) is 2.90. The highest BCUT2D eigenvalue weighted by molar-refractivity contribution is 5.94. The van der Waals surface area contributed by atoms with Crippen LogP contribution < -0.4 is 5.32 Å². The van der Waals surface area contributed by atoms with E-state index >= 15 is 0 Å². The topological polar surface area (TPSA) is 38.3 Å². The molecule has 0 fully saturated rings. The Morgan fingerprint density at radius 3 is 3.00 bits per heavy atom. The maximum atomic E-state index is 12.0. The zero-order valence-electron chi connectivity index (χ0n) is 10.5. The van der Waals surface area contributed by atoms with Gasteiger partial charge in [0.15, 0.2) is 0 Å². The third-order valence-corrected chi connectivity index (χ3v) is 3.07. The van der Waals surface area contributed by atoms with Crippen molar-refractivity contribution in [1.29, 1.82) is 0 Å². The van der Waals surface area contributed by atoms with Gasteiger partial charge in [-0.05, 0) is 29.7 Å². The van der Waals surface area contributed by atoms with Gasteiger partial charge in [0.25, 0.3) is 5.91 Å². The third kappa shape index (κ3) is 2.72. The molecule has 1 aliphatic heterocycles. The van der Waals surface area contributed by atoms with E-state index in [1.807, 2.05) is 25.1 Å². The van der Waals surface area contributed by atoms with E-state index in [9.17, 15) is 4.79 Å². The highest BCUT2D eigenvalue weighted by atomic mass is 16.5. The lowest BCUT2D eigenvalue weighted by atomic mass is 10.1. The van der Waals surface area contributed by atoms with Gasteiger partial charge in [-0.3, -0.25) is 4.79 Å². The van der Waals surface area contributed by atoms with Gasteiger partial charge in [-0.1, -0.05) is 25.3 Å². The zero-order valence-corrected chi connectivity index (χ0v) is 10.5. The molecule has 1 atom stereocenters. The largest absolute Gasteiger partial charge is 0.372 e. The van der Waals surface area contributed by atoms with Crippen molar-refractivity contribution in [1.82, 2.24) is 5.32 Å². The molecule has 0 radical (unpaired) electrons. The Balaban J connectivity index is 2.07. The quantitative estimate of drug-likeness (QED) is 0.824. The van der Waals surface area contributed by atoms with Gasteiger partial charge in [0.2, 0.25) is 0 Å². The molecule has 1 amide bonds. The van der Waals surface area contributed by atoms with Crippen molar-refractivity contribution in [3.63, 3.8) is 0 Å². The number of terminal acetylenes is 1. The van der Waals surface area contributed by atoms with Crippen molar-refractivity contribution >= 4 is 5.91 Å². The van der Waals surface area contributed by atoms with Crippen LogP contribution in [0.25, 0.3) is 0 Å². The SMILES string of the molecule is C#CC(CCC)NC(=O)c1ccc2c(c1)COC2. The smallest absolute Gasteiger partial charge is 0.252 e. The average molecular weight is 243 g/mol. The minimum absolute atomic E-state index is 0.110. The molecule has 1 N–H and O–H groups in total. The van der Waals surface area contributed by atoms with E-state index < -0.39 is 0 Å². The third-order valence-electron chi connectivity index (χ3n) is 3.07. The molecule has 18 heavy (non-hydrogen) atoms. The first-order valence-electron chi connectivity index (χ1n) is 6.21. The second-order valence-electron chi connectivity index (χ2n) is 4.46. The first kappa shape index (κ1) is 12.7. The lowest BCUT2D eigenvalue weighted by Gasteiger charge is -2.12. The van der Waals surface area contributed by atoms with E-state index in [0.29, 0.717) is 18.8 Å². The molecule has 2 rings (SSSR count). The Kier molecular flexibility index (Phi) is 4.01. The fourth-order valence-corrected chi connectivity index (χ4v) is 2.04. The molecule has 0 saturated heterocycles. The van der Waals surface area contributed by atoms with Gasteiger partial charge in [-0.15, -0.1) is 6.42 Å². The molecular formula is C15H17NO2. The molecule has 1 aromatic rings. The molecule has 0 saturated carbocycles. The second kappa shape index (κ2) is 5.70. The van der Waals surface area contributed by atoms with Crippen LogP contribution in [-0.4, -0.2) is 11.9 Å². The van der Waals surface area contributed by atoms with Gasteiger partial charge < -0.3 is 10.1 Å². The van der Waals surface area contributed by atoms with Gasteiger partial charge in [-0.25, -0.2) is 0 Å². The number of hydrogen-bond acceptors (Lipinski definition) is 2. The van der Waals surface area contributed by atoms with E-state index in [0.717, 1.165) is 24.0 Å². The van der Waals surface area contributed by atoms with Gasteiger partial charge in [-0.2, -0.15) is 0 Å². The summed E-state index contributed by atoms with van der Waals surface area (Å²) >= 11 is 0. The summed E-state index contributed by atoms with van der Waals surface area (Å²) in [6.45, 7) is 3.27. The minimum atomic E-state index is -0.188. The Hall–Kier alpha value is -1.79. The van der Waals surface area contributed by atoms with Crippen LogP contribution in [0.4, 0.5) is 0 Å². The Morgan fingerprint density at radius 1 is 1.50 bits per heavy atom. The van der Waals surface area contributed by atoms with Crippen molar-refractivity contribution in [3.8, 4) is 12.3 Å². The van der Waals surface area contributed by atoms with Crippen LogP contribution >= 0.6 is 0 Å². The molecule has 0 aliphatic carbocycles. The van der Waals surface area contributed by atoms with Crippen LogP contribution in [0, 0.1) is 12.3 Å². The van der Waals surface area contributed by atoms with Crippen molar-refractivity contribution in [2.24, 2.45) is 0 Å². The van der Waals surface area contributed by atoms with Crippen molar-refractivity contribution < 1.29 is 9.53 Å². The highest BCUT2D eigenvalue weighted by Crippen LogP contribution is 2.20. The summed E-state index contributed by atoms with van der Waals surface area (Å²) in [5, 5.41) is 2.86. The molecule has 3 heteroatoms. The van der Waals surface area contributed by atoms with Crippen LogP contribution in [0.15, 0.2) is 18.2 Å². The number of hydrogen-bond donors (Lipinski definition) is 1. The lowest BCUT2D eigenvalue weighted by molar-refractivity contribution is 0.0944. The number of nitrogens with one attached hydrogen (secondary N) is 1. The summed E-state index contributed by atoms with van der Waals surface area (Å²) in [7, 11) is 0. The second-order valence-corrected chi connectivity index (χ2v) is 4.46. The lowest BCUT2D eigenvalue weighted by Crippen LogP contribution is -2.33. The van der Waals surface area contributed by atoms with Crippen LogP contribution in [0.5, 0.6) is 0 Å². The summed E-state index contributed by atoms with van der Waals surface area (Å²) in [4.78, 5) is 12.0. The molecule has 0 aromatic heterocycles. The molecule has 1 heterocycles. The van der Waals surface area contributed by atoms with Crippen LogP contribution in [0.3, 0.4) is 0 Å². The van der Waals surface area contributed by atoms with Crippen molar-refractivity contribution in [2.45, 2.75) is 39.0 Å². The number of rotatable bonds is 4. The highest BCUT2D eigenvalue weighted by Gasteiger charge is 2.15.